The highest BCUT2D eigenvalue weighted by Gasteiger charge is 2.46. The van der Waals surface area contributed by atoms with Gasteiger partial charge in [-0.25, -0.2) is 0 Å². The van der Waals surface area contributed by atoms with Gasteiger partial charge in [-0.1, -0.05) is 31.3 Å². The molecule has 1 aliphatic rings. The van der Waals surface area contributed by atoms with Crippen LogP contribution in [0.1, 0.15) is 53.9 Å². The number of allylic oxidation sites excluding steroid dienone is 1. The van der Waals surface area contributed by atoms with E-state index in [9.17, 15) is 4.79 Å². The van der Waals surface area contributed by atoms with E-state index in [1.165, 1.54) is 18.5 Å². The summed E-state index contributed by atoms with van der Waals surface area (Å²) in [5, 5.41) is 0. The van der Waals surface area contributed by atoms with Crippen molar-refractivity contribution in [3.05, 3.63) is 11.6 Å². The maximum absolute atomic E-state index is 10.9. The highest BCUT2D eigenvalue weighted by Crippen LogP contribution is 2.38. The van der Waals surface area contributed by atoms with E-state index in [1.807, 2.05) is 13.8 Å². The highest BCUT2D eigenvalue weighted by molar-refractivity contribution is 6.76. The number of hydrogen-bond acceptors (Lipinski definition) is 4. The molecule has 0 aromatic heterocycles. The zero-order valence-electron chi connectivity index (χ0n) is 16.8. The Morgan fingerprint density at radius 3 is 2.29 bits per heavy atom. The van der Waals surface area contributed by atoms with E-state index < -0.39 is 13.9 Å². The van der Waals surface area contributed by atoms with E-state index in [4.69, 9.17) is 14.2 Å². The molecule has 1 heterocycles. The van der Waals surface area contributed by atoms with Crippen LogP contribution in [0, 0.1) is 0 Å². The molecule has 0 saturated carbocycles. The summed E-state index contributed by atoms with van der Waals surface area (Å²) in [4.78, 5) is 10.9. The fraction of sp³-hybridized carbons (Fsp3) is 0.842. The Labute approximate surface area is 148 Å². The normalized spacial score (nSPS) is 23.3. The third-order valence-corrected chi connectivity index (χ3v) is 5.57. The minimum atomic E-state index is -1.19. The number of rotatable bonds is 8. The number of carbonyl (C=O) groups is 1. The van der Waals surface area contributed by atoms with Gasteiger partial charge in [-0.05, 0) is 53.0 Å². The van der Waals surface area contributed by atoms with E-state index in [1.54, 1.807) is 0 Å². The molecule has 4 nitrogen and oxygen atoms in total. The zero-order valence-corrected chi connectivity index (χ0v) is 17.8. The smallest absolute Gasteiger partial charge is 0.302 e. The van der Waals surface area contributed by atoms with Crippen LogP contribution in [0.3, 0.4) is 0 Å². The second-order valence-corrected chi connectivity index (χ2v) is 14.5. The van der Waals surface area contributed by atoms with E-state index in [-0.39, 0.29) is 17.7 Å². The van der Waals surface area contributed by atoms with Crippen LogP contribution < -0.4 is 0 Å². The Bertz CT molecular complexity index is 460. The van der Waals surface area contributed by atoms with E-state index in [0.717, 1.165) is 19.3 Å². The van der Waals surface area contributed by atoms with Crippen molar-refractivity contribution in [2.24, 2.45) is 0 Å². The average molecular weight is 357 g/mol. The lowest BCUT2D eigenvalue weighted by molar-refractivity contribution is -0.157. The molecule has 0 aromatic carbocycles. The molecule has 0 N–H and O–H groups in total. The molecule has 1 atom stereocenters. The number of ether oxygens (including phenoxy) is 3. The topological polar surface area (TPSA) is 44.8 Å². The van der Waals surface area contributed by atoms with Crippen molar-refractivity contribution in [2.75, 3.05) is 6.61 Å². The Morgan fingerprint density at radius 2 is 1.83 bits per heavy atom. The van der Waals surface area contributed by atoms with Gasteiger partial charge in [-0.15, -0.1) is 0 Å². The van der Waals surface area contributed by atoms with Gasteiger partial charge in [0.05, 0.1) is 18.3 Å². The van der Waals surface area contributed by atoms with Crippen LogP contribution in [0.5, 0.6) is 0 Å². The monoisotopic (exact) mass is 356 g/mol. The van der Waals surface area contributed by atoms with Crippen LogP contribution in [0.15, 0.2) is 11.6 Å². The molecule has 24 heavy (non-hydrogen) atoms. The van der Waals surface area contributed by atoms with Crippen molar-refractivity contribution in [3.63, 3.8) is 0 Å². The Hall–Kier alpha value is -0.653. The quantitative estimate of drug-likeness (QED) is 0.268. The lowest BCUT2D eigenvalue weighted by Gasteiger charge is -2.25. The lowest BCUT2D eigenvalue weighted by Crippen LogP contribution is -2.33. The zero-order chi connectivity index (χ0) is 18.6. The Morgan fingerprint density at radius 1 is 1.21 bits per heavy atom. The first-order valence-corrected chi connectivity index (χ1v) is 12.7. The van der Waals surface area contributed by atoms with Gasteiger partial charge in [0, 0.05) is 15.0 Å². The molecule has 0 radical (unpaired) electrons. The van der Waals surface area contributed by atoms with Gasteiger partial charge in [0.25, 0.3) is 0 Å². The first kappa shape index (κ1) is 21.4. The van der Waals surface area contributed by atoms with Crippen LogP contribution >= 0.6 is 0 Å². The first-order valence-electron chi connectivity index (χ1n) is 9.00. The minimum Gasteiger partial charge on any atom is -0.466 e. The molecule has 5 heteroatoms. The number of carbonyl (C=O) groups excluding carboxylic acids is 1. The summed E-state index contributed by atoms with van der Waals surface area (Å²) in [5.41, 5.74) is 1.20. The maximum Gasteiger partial charge on any atom is 0.302 e. The number of hydrogen-bond donors (Lipinski definition) is 0. The van der Waals surface area contributed by atoms with Crippen molar-refractivity contribution >= 4 is 14.0 Å². The largest absolute Gasteiger partial charge is 0.466 e. The molecule has 140 valence electrons. The molecular formula is C19H36O4Si. The van der Waals surface area contributed by atoms with Gasteiger partial charge in [-0.3, -0.25) is 4.79 Å². The van der Waals surface area contributed by atoms with Gasteiger partial charge in [0.15, 0.2) is 5.79 Å². The number of esters is 1. The summed E-state index contributed by atoms with van der Waals surface area (Å²) in [5.74, 6) is -0.720. The van der Waals surface area contributed by atoms with Crippen molar-refractivity contribution < 1.29 is 19.0 Å². The lowest BCUT2D eigenvalue weighted by atomic mass is 9.95. The predicted octanol–water partition coefficient (Wildman–Crippen LogP) is 4.91. The molecule has 0 spiro atoms. The molecule has 1 unspecified atom stereocenters. The molecule has 0 amide bonds. The molecule has 1 fully saturated rings. The van der Waals surface area contributed by atoms with Crippen LogP contribution in [-0.4, -0.2) is 38.1 Å². The minimum absolute atomic E-state index is 0.103. The first-order chi connectivity index (χ1) is 10.8. The average Bonchev–Trinajstić information content (AvgIpc) is 2.57. The Balaban J connectivity index is 2.64. The summed E-state index contributed by atoms with van der Waals surface area (Å²) in [7, 11) is -1.19. The second-order valence-electron chi connectivity index (χ2n) is 8.98. The molecule has 0 aromatic rings. The SMILES string of the molecule is CC(=O)OCC/C=C(/CCC1OC(C)(C)OC1(C)C)C[Si](C)(C)C. The van der Waals surface area contributed by atoms with Crippen molar-refractivity contribution in [2.45, 2.75) is 97.1 Å². The van der Waals surface area contributed by atoms with Crippen molar-refractivity contribution in [3.8, 4) is 0 Å². The molecule has 1 rings (SSSR count). The van der Waals surface area contributed by atoms with Gasteiger partial charge in [-0.2, -0.15) is 0 Å². The summed E-state index contributed by atoms with van der Waals surface area (Å²) >= 11 is 0. The standard InChI is InChI=1S/C19H36O4Si/c1-15(20)21-13-9-10-16(14-24(6,7)8)11-12-17-18(2,3)23-19(4,5)22-17/h10,17H,9,11-14H2,1-8H3/b16-10-. The molecule has 1 saturated heterocycles. The van der Waals surface area contributed by atoms with Crippen molar-refractivity contribution in [1.29, 1.82) is 0 Å². The highest BCUT2D eigenvalue weighted by atomic mass is 28.3. The summed E-state index contributed by atoms with van der Waals surface area (Å²) in [6.07, 6.45) is 5.12. The van der Waals surface area contributed by atoms with Crippen LogP contribution in [0.4, 0.5) is 0 Å². The third-order valence-electron chi connectivity index (χ3n) is 4.05. The van der Waals surface area contributed by atoms with Crippen LogP contribution in [0.2, 0.25) is 25.7 Å². The fourth-order valence-electron chi connectivity index (χ4n) is 3.34. The van der Waals surface area contributed by atoms with Gasteiger partial charge < -0.3 is 14.2 Å². The molecular weight excluding hydrogens is 320 g/mol. The predicted molar refractivity (Wildman–Crippen MR) is 101 cm³/mol. The van der Waals surface area contributed by atoms with E-state index in [2.05, 4.69) is 39.6 Å². The van der Waals surface area contributed by atoms with Gasteiger partial charge >= 0.3 is 5.97 Å². The summed E-state index contributed by atoms with van der Waals surface area (Å²) in [6.45, 7) is 17.2. The molecule has 1 aliphatic heterocycles. The van der Waals surface area contributed by atoms with Crippen molar-refractivity contribution in [1.82, 2.24) is 0 Å². The van der Waals surface area contributed by atoms with E-state index in [0.29, 0.717) is 6.61 Å². The third kappa shape index (κ3) is 7.95. The van der Waals surface area contributed by atoms with E-state index >= 15 is 0 Å². The Kier molecular flexibility index (Phi) is 7.26. The summed E-state index contributed by atoms with van der Waals surface area (Å²) < 4.78 is 17.2. The molecule has 0 aliphatic carbocycles. The van der Waals surface area contributed by atoms with Crippen LogP contribution in [0.25, 0.3) is 0 Å². The second kappa shape index (κ2) is 8.15. The van der Waals surface area contributed by atoms with Gasteiger partial charge in [0.2, 0.25) is 0 Å². The fourth-order valence-corrected chi connectivity index (χ4v) is 5.02. The van der Waals surface area contributed by atoms with Crippen LogP contribution in [-0.2, 0) is 19.0 Å². The molecule has 0 bridgehead atoms. The van der Waals surface area contributed by atoms with Gasteiger partial charge in [0.1, 0.15) is 0 Å². The maximum atomic E-state index is 10.9. The summed E-state index contributed by atoms with van der Waals surface area (Å²) in [6, 6.07) is 1.17.